The van der Waals surface area contributed by atoms with Crippen molar-refractivity contribution in [1.82, 2.24) is 19.4 Å². The number of carbonyl (C=O) groups excluding carboxylic acids is 1. The number of aromatic nitrogens is 2. The lowest BCUT2D eigenvalue weighted by atomic mass is 10.4. The van der Waals surface area contributed by atoms with Gasteiger partial charge in [-0.1, -0.05) is 0 Å². The van der Waals surface area contributed by atoms with Crippen molar-refractivity contribution in [2.24, 2.45) is 0 Å². The molecule has 1 aromatic heterocycles. The Bertz CT molecular complexity index is 560. The predicted octanol–water partition coefficient (Wildman–Crippen LogP) is -0.209. The van der Waals surface area contributed by atoms with E-state index in [4.69, 9.17) is 0 Å². The van der Waals surface area contributed by atoms with E-state index >= 15 is 0 Å². The fourth-order valence-corrected chi connectivity index (χ4v) is 3.52. The number of amides is 1. The quantitative estimate of drug-likeness (QED) is 0.812. The molecule has 1 aliphatic rings. The first-order chi connectivity index (χ1) is 8.96. The molecule has 0 unspecified atom stereocenters. The molecule has 1 aromatic rings. The van der Waals surface area contributed by atoms with Crippen LogP contribution in [0.4, 0.5) is 4.79 Å². The number of sulfonamides is 1. The van der Waals surface area contributed by atoms with Crippen molar-refractivity contribution >= 4 is 16.1 Å². The van der Waals surface area contributed by atoms with Gasteiger partial charge in [0.2, 0.25) is 10.0 Å². The van der Waals surface area contributed by atoms with Crippen LogP contribution in [-0.4, -0.2) is 67.2 Å². The molecule has 8 nitrogen and oxygen atoms in total. The average molecular weight is 288 g/mol. The highest BCUT2D eigenvalue weighted by molar-refractivity contribution is 7.89. The Morgan fingerprint density at radius 1 is 1.37 bits per heavy atom. The van der Waals surface area contributed by atoms with Gasteiger partial charge in [0.05, 0.1) is 19.0 Å². The highest BCUT2D eigenvalue weighted by Gasteiger charge is 2.31. The van der Waals surface area contributed by atoms with Crippen molar-refractivity contribution < 1.29 is 17.9 Å². The van der Waals surface area contributed by atoms with Gasteiger partial charge >= 0.3 is 6.09 Å². The highest BCUT2D eigenvalue weighted by atomic mass is 32.2. The molecule has 1 amide bonds. The SMILES string of the molecule is COC(=O)N1CCN(S(=O)(=O)c2cn[nH]c2C)CC1. The summed E-state index contributed by atoms with van der Waals surface area (Å²) in [4.78, 5) is 13.0. The summed E-state index contributed by atoms with van der Waals surface area (Å²) in [6, 6.07) is 0. The Morgan fingerprint density at radius 2 is 2.00 bits per heavy atom. The van der Waals surface area contributed by atoms with Crippen molar-refractivity contribution in [3.63, 3.8) is 0 Å². The van der Waals surface area contributed by atoms with Crippen molar-refractivity contribution in [1.29, 1.82) is 0 Å². The Labute approximate surface area is 111 Å². The van der Waals surface area contributed by atoms with E-state index in [1.165, 1.54) is 22.5 Å². The minimum absolute atomic E-state index is 0.180. The van der Waals surface area contributed by atoms with Crippen LogP contribution in [-0.2, 0) is 14.8 Å². The average Bonchev–Trinajstić information content (AvgIpc) is 2.85. The Balaban J connectivity index is 2.10. The zero-order valence-corrected chi connectivity index (χ0v) is 11.6. The van der Waals surface area contributed by atoms with Crippen LogP contribution in [0.15, 0.2) is 11.1 Å². The van der Waals surface area contributed by atoms with Gasteiger partial charge in [0.15, 0.2) is 0 Å². The summed E-state index contributed by atoms with van der Waals surface area (Å²) in [6.45, 7) is 2.81. The van der Waals surface area contributed by atoms with Gasteiger partial charge in [-0.3, -0.25) is 5.10 Å². The van der Waals surface area contributed by atoms with Gasteiger partial charge in [-0.15, -0.1) is 0 Å². The number of nitrogens with one attached hydrogen (secondary N) is 1. The van der Waals surface area contributed by atoms with E-state index in [1.54, 1.807) is 6.92 Å². The molecule has 0 bridgehead atoms. The lowest BCUT2D eigenvalue weighted by molar-refractivity contribution is 0.108. The normalized spacial score (nSPS) is 17.5. The minimum atomic E-state index is -3.54. The maximum Gasteiger partial charge on any atom is 0.409 e. The second-order valence-corrected chi connectivity index (χ2v) is 6.13. The van der Waals surface area contributed by atoms with Gasteiger partial charge in [-0.25, -0.2) is 13.2 Å². The summed E-state index contributed by atoms with van der Waals surface area (Å²) >= 11 is 0. The van der Waals surface area contributed by atoms with E-state index in [0.29, 0.717) is 18.8 Å². The number of aryl methyl sites for hydroxylation is 1. The summed E-state index contributed by atoms with van der Waals surface area (Å²) in [5.74, 6) is 0. The topological polar surface area (TPSA) is 95.6 Å². The van der Waals surface area contributed by atoms with Crippen LogP contribution in [0.3, 0.4) is 0 Å². The number of carbonyl (C=O) groups is 1. The molecule has 1 aliphatic heterocycles. The minimum Gasteiger partial charge on any atom is -0.453 e. The second-order valence-electron chi connectivity index (χ2n) is 4.22. The first kappa shape index (κ1) is 13.8. The highest BCUT2D eigenvalue weighted by Crippen LogP contribution is 2.19. The number of hydrogen-bond acceptors (Lipinski definition) is 5. The molecule has 0 aromatic carbocycles. The van der Waals surface area contributed by atoms with E-state index in [0.717, 1.165) is 0 Å². The molecule has 9 heteroatoms. The third kappa shape index (κ3) is 2.56. The molecule has 1 saturated heterocycles. The van der Waals surface area contributed by atoms with E-state index in [2.05, 4.69) is 14.9 Å². The van der Waals surface area contributed by atoms with Crippen LogP contribution in [0.5, 0.6) is 0 Å². The number of ether oxygens (including phenoxy) is 1. The van der Waals surface area contributed by atoms with Gasteiger partial charge < -0.3 is 9.64 Å². The molecular formula is C10H16N4O4S. The summed E-state index contributed by atoms with van der Waals surface area (Å²) in [5.41, 5.74) is 0.510. The number of methoxy groups -OCH3 is 1. The lowest BCUT2D eigenvalue weighted by Gasteiger charge is -2.32. The third-order valence-electron chi connectivity index (χ3n) is 3.07. The van der Waals surface area contributed by atoms with E-state index in [9.17, 15) is 13.2 Å². The molecule has 0 atom stereocenters. The Morgan fingerprint density at radius 3 is 2.47 bits per heavy atom. The number of H-pyrrole nitrogens is 1. The van der Waals surface area contributed by atoms with Gasteiger partial charge in [-0.2, -0.15) is 9.40 Å². The summed E-state index contributed by atoms with van der Waals surface area (Å²) in [5, 5.41) is 6.33. The van der Waals surface area contributed by atoms with Gasteiger partial charge in [-0.05, 0) is 6.92 Å². The summed E-state index contributed by atoms with van der Waals surface area (Å²) in [7, 11) is -2.24. The van der Waals surface area contributed by atoms with E-state index < -0.39 is 16.1 Å². The third-order valence-corrected chi connectivity index (χ3v) is 5.09. The zero-order chi connectivity index (χ0) is 14.0. The zero-order valence-electron chi connectivity index (χ0n) is 10.8. The molecule has 0 aliphatic carbocycles. The molecule has 19 heavy (non-hydrogen) atoms. The number of aromatic amines is 1. The largest absolute Gasteiger partial charge is 0.453 e. The molecule has 106 valence electrons. The van der Waals surface area contributed by atoms with E-state index in [1.807, 2.05) is 0 Å². The molecule has 2 heterocycles. The molecule has 0 spiro atoms. The number of piperazine rings is 1. The maximum absolute atomic E-state index is 12.3. The molecular weight excluding hydrogens is 272 g/mol. The molecule has 1 N–H and O–H groups in total. The van der Waals surface area contributed by atoms with Gasteiger partial charge in [0, 0.05) is 26.2 Å². The number of hydrogen-bond donors (Lipinski definition) is 1. The summed E-state index contributed by atoms with van der Waals surface area (Å²) < 4.78 is 30.7. The van der Waals surface area contributed by atoms with Gasteiger partial charge in [0.1, 0.15) is 4.90 Å². The molecule has 0 radical (unpaired) electrons. The van der Waals surface area contributed by atoms with Crippen LogP contribution in [0.1, 0.15) is 5.69 Å². The van der Waals surface area contributed by atoms with Gasteiger partial charge in [0.25, 0.3) is 0 Å². The molecule has 2 rings (SSSR count). The van der Waals surface area contributed by atoms with Crippen molar-refractivity contribution in [3.05, 3.63) is 11.9 Å². The molecule has 1 fully saturated rings. The van der Waals surface area contributed by atoms with E-state index in [-0.39, 0.29) is 18.0 Å². The van der Waals surface area contributed by atoms with Crippen molar-refractivity contribution in [2.45, 2.75) is 11.8 Å². The summed E-state index contributed by atoms with van der Waals surface area (Å²) in [6.07, 6.45) is 0.869. The smallest absolute Gasteiger partial charge is 0.409 e. The van der Waals surface area contributed by atoms with Crippen LogP contribution < -0.4 is 0 Å². The van der Waals surface area contributed by atoms with Crippen LogP contribution in [0.25, 0.3) is 0 Å². The number of nitrogens with zero attached hydrogens (tertiary/aromatic N) is 3. The first-order valence-corrected chi connectivity index (χ1v) is 7.24. The number of rotatable bonds is 2. The van der Waals surface area contributed by atoms with Crippen molar-refractivity contribution in [2.75, 3.05) is 33.3 Å². The molecule has 0 saturated carbocycles. The lowest BCUT2D eigenvalue weighted by Crippen LogP contribution is -2.50. The fourth-order valence-electron chi connectivity index (χ4n) is 1.98. The Hall–Kier alpha value is -1.61. The predicted molar refractivity (Wildman–Crippen MR) is 66.1 cm³/mol. The maximum atomic E-state index is 12.3. The van der Waals surface area contributed by atoms with Crippen LogP contribution in [0, 0.1) is 6.92 Å². The van der Waals surface area contributed by atoms with Crippen LogP contribution in [0.2, 0.25) is 0 Å². The second kappa shape index (κ2) is 5.17. The van der Waals surface area contributed by atoms with Crippen molar-refractivity contribution in [3.8, 4) is 0 Å². The Kier molecular flexibility index (Phi) is 3.76. The van der Waals surface area contributed by atoms with Crippen LogP contribution >= 0.6 is 0 Å². The standard InChI is InChI=1S/C10H16N4O4S/c1-8-9(7-11-12-8)19(16,17)14-5-3-13(4-6-14)10(15)18-2/h7H,3-6H2,1-2H3,(H,11,12). The monoisotopic (exact) mass is 288 g/mol. The first-order valence-electron chi connectivity index (χ1n) is 5.80. The fraction of sp³-hybridized carbons (Fsp3) is 0.600.